The standard InChI is InChI=1S/C21H30N2O2/c1-23(18-13-16-9-10-17(14-18)22-16)21(24)15-7-11-20(12-8-15)25-19-5-3-2-4-6-19/h7-8,11-12,16-19,22H,2-6,9-10,13-14H2,1H3. The van der Waals surface area contributed by atoms with Crippen LogP contribution in [0.25, 0.3) is 0 Å². The van der Waals surface area contributed by atoms with E-state index in [4.69, 9.17) is 4.74 Å². The van der Waals surface area contributed by atoms with Crippen LogP contribution in [0.4, 0.5) is 0 Å². The maximum absolute atomic E-state index is 12.8. The van der Waals surface area contributed by atoms with E-state index >= 15 is 0 Å². The average Bonchev–Trinajstić information content (AvgIpc) is 3.00. The number of nitrogens with one attached hydrogen (secondary N) is 1. The lowest BCUT2D eigenvalue weighted by atomic mass is 9.97. The van der Waals surface area contributed by atoms with Crippen molar-refractivity contribution in [1.82, 2.24) is 10.2 Å². The molecule has 2 bridgehead atoms. The minimum absolute atomic E-state index is 0.135. The van der Waals surface area contributed by atoms with E-state index < -0.39 is 0 Å². The molecule has 1 N–H and O–H groups in total. The smallest absolute Gasteiger partial charge is 0.253 e. The van der Waals surface area contributed by atoms with E-state index in [9.17, 15) is 4.79 Å². The van der Waals surface area contributed by atoms with Crippen molar-refractivity contribution in [3.8, 4) is 5.75 Å². The van der Waals surface area contributed by atoms with Gasteiger partial charge in [0.2, 0.25) is 0 Å². The summed E-state index contributed by atoms with van der Waals surface area (Å²) >= 11 is 0. The molecule has 4 nitrogen and oxygen atoms in total. The molecule has 1 aliphatic carbocycles. The second-order valence-electron chi connectivity index (χ2n) is 8.08. The highest BCUT2D eigenvalue weighted by molar-refractivity contribution is 5.94. The van der Waals surface area contributed by atoms with Crippen molar-refractivity contribution in [3.05, 3.63) is 29.8 Å². The number of rotatable bonds is 4. The Morgan fingerprint density at radius 1 is 1.00 bits per heavy atom. The lowest BCUT2D eigenvalue weighted by Gasteiger charge is -2.35. The van der Waals surface area contributed by atoms with Gasteiger partial charge in [-0.25, -0.2) is 0 Å². The quantitative estimate of drug-likeness (QED) is 0.906. The Morgan fingerprint density at radius 3 is 2.28 bits per heavy atom. The number of carbonyl (C=O) groups excluding carboxylic acids is 1. The van der Waals surface area contributed by atoms with Crippen molar-refractivity contribution in [3.63, 3.8) is 0 Å². The summed E-state index contributed by atoms with van der Waals surface area (Å²) in [5, 5.41) is 3.65. The van der Waals surface area contributed by atoms with Crippen LogP contribution in [0.15, 0.2) is 24.3 Å². The molecule has 1 saturated carbocycles. The molecule has 3 aliphatic rings. The molecule has 0 aromatic heterocycles. The molecule has 2 aliphatic heterocycles. The predicted molar refractivity (Wildman–Crippen MR) is 99.0 cm³/mol. The summed E-state index contributed by atoms with van der Waals surface area (Å²) in [5.74, 6) is 1.03. The zero-order valence-corrected chi connectivity index (χ0v) is 15.2. The molecular formula is C21H30N2O2. The molecule has 0 spiro atoms. The Balaban J connectivity index is 1.36. The van der Waals surface area contributed by atoms with Crippen LogP contribution in [0.5, 0.6) is 5.75 Å². The number of hydrogen-bond donors (Lipinski definition) is 1. The summed E-state index contributed by atoms with van der Waals surface area (Å²) in [4.78, 5) is 14.8. The molecule has 136 valence electrons. The van der Waals surface area contributed by atoms with E-state index in [-0.39, 0.29) is 5.91 Å². The van der Waals surface area contributed by atoms with Crippen LogP contribution in [0.3, 0.4) is 0 Å². The molecule has 1 amide bonds. The monoisotopic (exact) mass is 342 g/mol. The lowest BCUT2D eigenvalue weighted by molar-refractivity contribution is 0.0681. The van der Waals surface area contributed by atoms with E-state index in [1.54, 1.807) is 0 Å². The number of carbonyl (C=O) groups is 1. The zero-order valence-electron chi connectivity index (χ0n) is 15.2. The van der Waals surface area contributed by atoms with Gasteiger partial charge in [-0.15, -0.1) is 0 Å². The van der Waals surface area contributed by atoms with Gasteiger partial charge in [-0.2, -0.15) is 0 Å². The number of fused-ring (bicyclic) bond motifs is 2. The van der Waals surface area contributed by atoms with Crippen LogP contribution in [0, 0.1) is 0 Å². The summed E-state index contributed by atoms with van der Waals surface area (Å²) < 4.78 is 6.07. The van der Waals surface area contributed by atoms with Crippen molar-refractivity contribution in [2.24, 2.45) is 0 Å². The normalized spacial score (nSPS) is 29.4. The third-order valence-corrected chi connectivity index (χ3v) is 6.27. The Bertz CT molecular complexity index is 582. The van der Waals surface area contributed by atoms with E-state index in [0.29, 0.717) is 24.2 Å². The Labute approximate surface area is 150 Å². The van der Waals surface area contributed by atoms with Gasteiger partial charge in [0.1, 0.15) is 5.75 Å². The molecule has 2 saturated heterocycles. The summed E-state index contributed by atoms with van der Waals surface area (Å²) in [5.41, 5.74) is 0.768. The number of amides is 1. The number of benzene rings is 1. The SMILES string of the molecule is CN(C(=O)c1ccc(OC2CCCCC2)cc1)C1CC2CCC(C1)N2. The van der Waals surface area contributed by atoms with Crippen LogP contribution in [-0.2, 0) is 0 Å². The van der Waals surface area contributed by atoms with Gasteiger partial charge in [0.05, 0.1) is 6.10 Å². The highest BCUT2D eigenvalue weighted by Gasteiger charge is 2.36. The highest BCUT2D eigenvalue weighted by Crippen LogP contribution is 2.30. The second kappa shape index (κ2) is 7.36. The molecule has 3 fully saturated rings. The fourth-order valence-corrected chi connectivity index (χ4v) is 4.76. The first-order valence-electron chi connectivity index (χ1n) is 9.99. The maximum Gasteiger partial charge on any atom is 0.253 e. The second-order valence-corrected chi connectivity index (χ2v) is 8.08. The summed E-state index contributed by atoms with van der Waals surface area (Å²) in [6.07, 6.45) is 11.2. The van der Waals surface area contributed by atoms with Crippen LogP contribution in [-0.4, -0.2) is 42.1 Å². The van der Waals surface area contributed by atoms with Gasteiger partial charge in [-0.1, -0.05) is 6.42 Å². The maximum atomic E-state index is 12.8. The van der Waals surface area contributed by atoms with E-state index in [0.717, 1.165) is 37.0 Å². The number of hydrogen-bond acceptors (Lipinski definition) is 3. The molecule has 1 aromatic rings. The fourth-order valence-electron chi connectivity index (χ4n) is 4.76. The van der Waals surface area contributed by atoms with Crippen LogP contribution in [0.2, 0.25) is 0 Å². The third-order valence-electron chi connectivity index (χ3n) is 6.27. The Morgan fingerprint density at radius 2 is 1.64 bits per heavy atom. The molecule has 2 unspecified atom stereocenters. The summed E-state index contributed by atoms with van der Waals surface area (Å²) in [6, 6.07) is 9.34. The van der Waals surface area contributed by atoms with Gasteiger partial charge in [0, 0.05) is 30.7 Å². The lowest BCUT2D eigenvalue weighted by Crippen LogP contribution is -2.48. The molecule has 2 atom stereocenters. The molecule has 1 aromatic carbocycles. The summed E-state index contributed by atoms with van der Waals surface area (Å²) in [7, 11) is 1.96. The van der Waals surface area contributed by atoms with E-state index in [2.05, 4.69) is 5.32 Å². The number of nitrogens with zero attached hydrogens (tertiary/aromatic N) is 1. The fraction of sp³-hybridized carbons (Fsp3) is 0.667. The van der Waals surface area contributed by atoms with Crippen LogP contribution < -0.4 is 10.1 Å². The highest BCUT2D eigenvalue weighted by atomic mass is 16.5. The van der Waals surface area contributed by atoms with Crippen LogP contribution >= 0.6 is 0 Å². The van der Waals surface area contributed by atoms with Gasteiger partial charge >= 0.3 is 0 Å². The minimum atomic E-state index is 0.135. The molecule has 2 heterocycles. The molecule has 25 heavy (non-hydrogen) atoms. The van der Waals surface area contributed by atoms with Gasteiger partial charge in [0.15, 0.2) is 0 Å². The van der Waals surface area contributed by atoms with Gasteiger partial charge in [-0.05, 0) is 75.6 Å². The molecule has 0 radical (unpaired) electrons. The van der Waals surface area contributed by atoms with Crippen molar-refractivity contribution >= 4 is 5.91 Å². The number of ether oxygens (including phenoxy) is 1. The largest absolute Gasteiger partial charge is 0.490 e. The minimum Gasteiger partial charge on any atom is -0.490 e. The first-order valence-corrected chi connectivity index (χ1v) is 9.99. The predicted octanol–water partition coefficient (Wildman–Crippen LogP) is 3.75. The van der Waals surface area contributed by atoms with Gasteiger partial charge < -0.3 is 15.0 Å². The van der Waals surface area contributed by atoms with Gasteiger partial charge in [0.25, 0.3) is 5.91 Å². The van der Waals surface area contributed by atoms with Gasteiger partial charge in [-0.3, -0.25) is 4.79 Å². The molecule has 4 rings (SSSR count). The molecule has 4 heteroatoms. The topological polar surface area (TPSA) is 41.6 Å². The first-order chi connectivity index (χ1) is 12.2. The third kappa shape index (κ3) is 3.84. The zero-order chi connectivity index (χ0) is 17.2. The first kappa shape index (κ1) is 16.9. The van der Waals surface area contributed by atoms with Crippen molar-refractivity contribution < 1.29 is 9.53 Å². The Hall–Kier alpha value is -1.55. The van der Waals surface area contributed by atoms with E-state index in [1.165, 1.54) is 32.1 Å². The van der Waals surface area contributed by atoms with Crippen molar-refractivity contribution in [2.75, 3.05) is 7.05 Å². The van der Waals surface area contributed by atoms with Crippen molar-refractivity contribution in [1.29, 1.82) is 0 Å². The summed E-state index contributed by atoms with van der Waals surface area (Å²) in [6.45, 7) is 0. The number of piperidine rings is 1. The molecular weight excluding hydrogens is 312 g/mol. The van der Waals surface area contributed by atoms with E-state index in [1.807, 2.05) is 36.2 Å². The van der Waals surface area contributed by atoms with Crippen LogP contribution in [0.1, 0.15) is 68.1 Å². The Kier molecular flexibility index (Phi) is 4.98. The average molecular weight is 342 g/mol. The van der Waals surface area contributed by atoms with Crippen molar-refractivity contribution in [2.45, 2.75) is 82.0 Å².